The fraction of sp³-hybridized carbons (Fsp3) is 0.400. The number of carbonyl (C=O) groups is 3. The van der Waals surface area contributed by atoms with E-state index >= 15 is 0 Å². The number of piperidine rings is 1. The molecule has 2 aromatic carbocycles. The summed E-state index contributed by atoms with van der Waals surface area (Å²) < 4.78 is 10.6. The lowest BCUT2D eigenvalue weighted by Gasteiger charge is -2.40. The second-order valence-electron chi connectivity index (χ2n) is 8.70. The number of alkyl halides is 1. The van der Waals surface area contributed by atoms with E-state index in [0.717, 1.165) is 28.7 Å². The largest absolute Gasteiger partial charge is 0.467 e. The van der Waals surface area contributed by atoms with Gasteiger partial charge in [-0.15, -0.1) is 0 Å². The van der Waals surface area contributed by atoms with Gasteiger partial charge in [-0.25, -0.2) is 9.59 Å². The lowest BCUT2D eigenvalue weighted by molar-refractivity contribution is -0.154. The molecule has 4 atom stereocenters. The Morgan fingerprint density at radius 1 is 1.06 bits per heavy atom. The maximum atomic E-state index is 13.2. The number of ether oxygens (including phenoxy) is 2. The van der Waals surface area contributed by atoms with Gasteiger partial charge in [0.05, 0.1) is 7.11 Å². The zero-order chi connectivity index (χ0) is 23.1. The van der Waals surface area contributed by atoms with Gasteiger partial charge in [-0.2, -0.15) is 0 Å². The predicted octanol–water partition coefficient (Wildman–Crippen LogP) is 3.63. The molecule has 2 saturated heterocycles. The minimum Gasteiger partial charge on any atom is -0.467 e. The number of fused-ring (bicyclic) bond motifs is 4. The van der Waals surface area contributed by atoms with Crippen LogP contribution in [0.4, 0.5) is 4.79 Å². The Labute approximate surface area is 205 Å². The first-order valence-corrected chi connectivity index (χ1v) is 12.4. The van der Waals surface area contributed by atoms with Crippen molar-refractivity contribution in [3.63, 3.8) is 0 Å². The van der Waals surface area contributed by atoms with Crippen LogP contribution in [0.3, 0.4) is 0 Å². The molecule has 0 aromatic heterocycles. The zero-order valence-electron chi connectivity index (χ0n) is 18.2. The number of nitrogens with zero attached hydrogens (tertiary/aromatic N) is 1. The topological polar surface area (TPSA) is 84.9 Å². The van der Waals surface area contributed by atoms with Crippen molar-refractivity contribution in [2.75, 3.05) is 13.7 Å². The minimum absolute atomic E-state index is 0.0113. The summed E-state index contributed by atoms with van der Waals surface area (Å²) in [5, 5.41) is 2.75. The van der Waals surface area contributed by atoms with E-state index in [4.69, 9.17) is 9.47 Å². The summed E-state index contributed by atoms with van der Waals surface area (Å²) in [7, 11) is 1.33. The number of alkyl carbamates (subject to hydrolysis) is 1. The van der Waals surface area contributed by atoms with Gasteiger partial charge in [-0.3, -0.25) is 4.79 Å². The molecule has 3 aliphatic rings. The van der Waals surface area contributed by atoms with Crippen LogP contribution in [0.25, 0.3) is 11.1 Å². The van der Waals surface area contributed by atoms with E-state index < -0.39 is 24.1 Å². The van der Waals surface area contributed by atoms with Crippen LogP contribution in [-0.2, 0) is 19.1 Å². The third-order valence-corrected chi connectivity index (χ3v) is 8.31. The molecule has 33 heavy (non-hydrogen) atoms. The molecule has 8 heteroatoms. The highest BCUT2D eigenvalue weighted by Gasteiger charge is 2.50. The quantitative estimate of drug-likeness (QED) is 0.351. The SMILES string of the molecule is COC(=O)[C@@H]1CC[C@H]2[C@@H](I)C[C@H](NC(=O)OCC3c4ccccc4-c4ccccc43)C(=O)N12. The first kappa shape index (κ1) is 22.2. The molecule has 2 fully saturated rings. The van der Waals surface area contributed by atoms with Crippen LogP contribution in [0.5, 0.6) is 0 Å². The molecule has 5 rings (SSSR count). The molecule has 0 radical (unpaired) electrons. The number of halogens is 1. The maximum Gasteiger partial charge on any atom is 0.407 e. The third-order valence-electron chi connectivity index (χ3n) is 6.97. The molecule has 2 aliphatic heterocycles. The minimum atomic E-state index is -0.718. The van der Waals surface area contributed by atoms with Gasteiger partial charge in [0.25, 0.3) is 0 Å². The molecule has 1 aliphatic carbocycles. The number of carbonyl (C=O) groups excluding carboxylic acids is 3. The normalized spacial score (nSPS) is 25.8. The smallest absolute Gasteiger partial charge is 0.407 e. The summed E-state index contributed by atoms with van der Waals surface area (Å²) in [5.41, 5.74) is 4.58. The van der Waals surface area contributed by atoms with Gasteiger partial charge < -0.3 is 19.7 Å². The number of benzene rings is 2. The second kappa shape index (κ2) is 8.96. The van der Waals surface area contributed by atoms with Crippen LogP contribution >= 0.6 is 22.6 Å². The van der Waals surface area contributed by atoms with Crippen molar-refractivity contribution in [3.8, 4) is 11.1 Å². The Balaban J connectivity index is 1.26. The molecule has 1 N–H and O–H groups in total. The number of rotatable bonds is 4. The Bertz CT molecular complexity index is 1060. The number of hydrogen-bond donors (Lipinski definition) is 1. The maximum absolute atomic E-state index is 13.2. The number of nitrogens with one attached hydrogen (secondary N) is 1. The number of methoxy groups -OCH3 is 1. The third kappa shape index (κ3) is 3.88. The summed E-state index contributed by atoms with van der Waals surface area (Å²) in [6.07, 6.45) is 1.24. The van der Waals surface area contributed by atoms with Gasteiger partial charge in [0.1, 0.15) is 18.7 Å². The molecule has 0 saturated carbocycles. The van der Waals surface area contributed by atoms with Crippen molar-refractivity contribution in [1.29, 1.82) is 0 Å². The molecule has 2 amide bonds. The van der Waals surface area contributed by atoms with E-state index in [1.54, 1.807) is 4.90 Å². The summed E-state index contributed by atoms with van der Waals surface area (Å²) >= 11 is 2.31. The van der Waals surface area contributed by atoms with Gasteiger partial charge in [0.15, 0.2) is 0 Å². The van der Waals surface area contributed by atoms with Crippen molar-refractivity contribution < 1.29 is 23.9 Å². The average Bonchev–Trinajstić information content (AvgIpc) is 3.41. The number of hydrogen-bond acceptors (Lipinski definition) is 5. The molecule has 0 spiro atoms. The predicted molar refractivity (Wildman–Crippen MR) is 130 cm³/mol. The standard InChI is InChI=1S/C25H25IN2O5/c1-32-24(30)22-11-10-21-19(26)12-20(23(29)28(21)22)27-25(31)33-13-18-16-8-4-2-6-14(16)15-7-3-5-9-17(15)18/h2-9,18-22H,10-13H2,1H3,(H,27,31)/t19-,20-,21-,22-/m0/s1. The Kier molecular flexibility index (Phi) is 6.03. The second-order valence-corrected chi connectivity index (χ2v) is 10.3. The Morgan fingerprint density at radius 2 is 1.70 bits per heavy atom. The first-order valence-electron chi connectivity index (χ1n) is 11.1. The lowest BCUT2D eigenvalue weighted by Crippen LogP contribution is -2.61. The van der Waals surface area contributed by atoms with E-state index in [9.17, 15) is 14.4 Å². The van der Waals surface area contributed by atoms with E-state index in [0.29, 0.717) is 12.8 Å². The highest BCUT2D eigenvalue weighted by atomic mass is 127. The summed E-state index contributed by atoms with van der Waals surface area (Å²) in [4.78, 5) is 39.6. The summed E-state index contributed by atoms with van der Waals surface area (Å²) in [6.45, 7) is 0.186. The lowest BCUT2D eigenvalue weighted by atomic mass is 9.98. The molecule has 7 nitrogen and oxygen atoms in total. The fourth-order valence-electron chi connectivity index (χ4n) is 5.44. The van der Waals surface area contributed by atoms with E-state index in [2.05, 4.69) is 52.2 Å². The van der Waals surface area contributed by atoms with Crippen LogP contribution in [0.1, 0.15) is 36.3 Å². The molecule has 0 unspecified atom stereocenters. The van der Waals surface area contributed by atoms with Crippen LogP contribution in [0.15, 0.2) is 48.5 Å². The molecular weight excluding hydrogens is 535 g/mol. The highest BCUT2D eigenvalue weighted by molar-refractivity contribution is 14.1. The first-order chi connectivity index (χ1) is 16.0. The fourth-order valence-corrected chi connectivity index (χ4v) is 6.66. The summed E-state index contributed by atoms with van der Waals surface area (Å²) in [5.74, 6) is -0.695. The van der Waals surface area contributed by atoms with Crippen molar-refractivity contribution in [2.24, 2.45) is 0 Å². The van der Waals surface area contributed by atoms with Gasteiger partial charge in [-0.1, -0.05) is 71.1 Å². The van der Waals surface area contributed by atoms with Crippen LogP contribution in [0.2, 0.25) is 0 Å². The summed E-state index contributed by atoms with van der Waals surface area (Å²) in [6, 6.07) is 15.0. The molecule has 0 bridgehead atoms. The van der Waals surface area contributed by atoms with Crippen molar-refractivity contribution in [1.82, 2.24) is 10.2 Å². The molecule has 172 valence electrons. The number of amides is 2. The van der Waals surface area contributed by atoms with Crippen molar-refractivity contribution in [3.05, 3.63) is 59.7 Å². The Morgan fingerprint density at radius 3 is 2.33 bits per heavy atom. The van der Waals surface area contributed by atoms with Gasteiger partial charge >= 0.3 is 12.1 Å². The Hall–Kier alpha value is -2.62. The van der Waals surface area contributed by atoms with Crippen molar-refractivity contribution >= 4 is 40.6 Å². The van der Waals surface area contributed by atoms with Crippen molar-refractivity contribution in [2.45, 2.75) is 47.2 Å². The van der Waals surface area contributed by atoms with Crippen LogP contribution < -0.4 is 5.32 Å². The average molecular weight is 560 g/mol. The molecular formula is C25H25IN2O5. The van der Waals surface area contributed by atoms with E-state index in [1.807, 2.05) is 24.3 Å². The van der Waals surface area contributed by atoms with E-state index in [-0.39, 0.29) is 28.4 Å². The van der Waals surface area contributed by atoms with Gasteiger partial charge in [0, 0.05) is 15.9 Å². The molecule has 2 heterocycles. The molecule has 2 aromatic rings. The van der Waals surface area contributed by atoms with E-state index in [1.165, 1.54) is 7.11 Å². The monoisotopic (exact) mass is 560 g/mol. The van der Waals surface area contributed by atoms with Gasteiger partial charge in [-0.05, 0) is 41.5 Å². The zero-order valence-corrected chi connectivity index (χ0v) is 20.4. The highest BCUT2D eigenvalue weighted by Crippen LogP contribution is 2.44. The van der Waals surface area contributed by atoms with Gasteiger partial charge in [0.2, 0.25) is 5.91 Å². The van der Waals surface area contributed by atoms with Crippen LogP contribution in [-0.4, -0.2) is 58.6 Å². The van der Waals surface area contributed by atoms with Crippen LogP contribution in [0, 0.1) is 0 Å². The number of esters is 1.